The number of urea groups is 1. The number of hydrogen-bond donors (Lipinski definition) is 3. The van der Waals surface area contributed by atoms with Gasteiger partial charge in [0.15, 0.2) is 0 Å². The lowest BCUT2D eigenvalue weighted by molar-refractivity contribution is -0.112. The predicted octanol–water partition coefficient (Wildman–Crippen LogP) is 4.54. The van der Waals surface area contributed by atoms with Crippen molar-refractivity contribution in [3.63, 3.8) is 0 Å². The fourth-order valence-electron chi connectivity index (χ4n) is 4.29. The lowest BCUT2D eigenvalue weighted by Crippen LogP contribution is -2.51. The van der Waals surface area contributed by atoms with E-state index < -0.39 is 29.6 Å². The average molecular weight is 586 g/mol. The van der Waals surface area contributed by atoms with E-state index in [0.29, 0.717) is 34.6 Å². The molecule has 3 aromatic carbocycles. The first-order valence-corrected chi connectivity index (χ1v) is 13.1. The van der Waals surface area contributed by atoms with Crippen LogP contribution >= 0.6 is 0 Å². The summed E-state index contributed by atoms with van der Waals surface area (Å²) in [4.78, 5) is 65.4. The molecule has 5 amide bonds. The van der Waals surface area contributed by atoms with Gasteiger partial charge in [0.2, 0.25) is 6.41 Å². The lowest BCUT2D eigenvalue weighted by Gasteiger charge is -2.21. The third-order valence-electron chi connectivity index (χ3n) is 6.23. The molecule has 0 fully saturated rings. The van der Waals surface area contributed by atoms with Gasteiger partial charge in [-0.25, -0.2) is 30.1 Å². The number of amides is 5. The van der Waals surface area contributed by atoms with Crippen LogP contribution in [0.15, 0.2) is 72.8 Å². The molecule has 0 spiro atoms. The second-order valence-corrected chi connectivity index (χ2v) is 10.4. The summed E-state index contributed by atoms with van der Waals surface area (Å²) in [7, 11) is 2.84. The summed E-state index contributed by atoms with van der Waals surface area (Å²) in [5.41, 5.74) is 6.50. The second kappa shape index (κ2) is 12.5. The monoisotopic (exact) mass is 585 g/mol. The number of imide groups is 1. The first kappa shape index (κ1) is 30.3. The molecule has 0 aromatic heterocycles. The first-order chi connectivity index (χ1) is 20.4. The molecule has 0 unspecified atom stereocenters. The Hall–Kier alpha value is -5.65. The van der Waals surface area contributed by atoms with Crippen LogP contribution in [-0.2, 0) is 19.1 Å². The van der Waals surface area contributed by atoms with Crippen LogP contribution in [0.1, 0.15) is 42.3 Å². The normalized spacial score (nSPS) is 13.4. The number of methoxy groups -OCH3 is 1. The van der Waals surface area contributed by atoms with Crippen LogP contribution in [-0.4, -0.2) is 50.2 Å². The number of benzene rings is 3. The topological polar surface area (TPSA) is 146 Å². The van der Waals surface area contributed by atoms with Crippen molar-refractivity contribution in [3.05, 3.63) is 89.5 Å². The highest BCUT2D eigenvalue weighted by Gasteiger charge is 2.40. The van der Waals surface area contributed by atoms with Gasteiger partial charge in [-0.15, -0.1) is 0 Å². The number of ether oxygens (including phenoxy) is 2. The fraction of sp³-hybridized carbons (Fsp3) is 0.194. The summed E-state index contributed by atoms with van der Waals surface area (Å²) < 4.78 is 9.99. The maximum Gasteiger partial charge on any atom is 0.426 e. The SMILES string of the molecule is COC(=O)c1ccc2c(c1)N(C(=O)NNC(=O)OC(C)(C)C)C(=O)/C2=C(\Nc1ccc(N(C)C=O)cc1)c1ccccc1. The molecule has 0 atom stereocenters. The van der Waals surface area contributed by atoms with Crippen molar-refractivity contribution in [2.75, 3.05) is 29.3 Å². The molecule has 12 nitrogen and oxygen atoms in total. The Morgan fingerprint density at radius 3 is 2.19 bits per heavy atom. The van der Waals surface area contributed by atoms with Crippen molar-refractivity contribution in [1.29, 1.82) is 0 Å². The Labute approximate surface area is 248 Å². The maximum atomic E-state index is 14.1. The Morgan fingerprint density at radius 2 is 1.58 bits per heavy atom. The minimum absolute atomic E-state index is 0.101. The van der Waals surface area contributed by atoms with Gasteiger partial charge in [-0.3, -0.25) is 9.59 Å². The number of rotatable bonds is 6. The van der Waals surface area contributed by atoms with Crippen LogP contribution in [0.3, 0.4) is 0 Å². The quantitative estimate of drug-likeness (QED) is 0.165. The lowest BCUT2D eigenvalue weighted by atomic mass is 9.99. The molecule has 0 radical (unpaired) electrons. The summed E-state index contributed by atoms with van der Waals surface area (Å²) in [6.07, 6.45) is -0.240. The van der Waals surface area contributed by atoms with Crippen LogP contribution < -0.4 is 26.0 Å². The Morgan fingerprint density at radius 1 is 0.907 bits per heavy atom. The van der Waals surface area contributed by atoms with Gasteiger partial charge in [0.25, 0.3) is 5.91 Å². The van der Waals surface area contributed by atoms with Crippen molar-refractivity contribution in [3.8, 4) is 0 Å². The van der Waals surface area contributed by atoms with Crippen molar-refractivity contribution in [2.24, 2.45) is 0 Å². The predicted molar refractivity (Wildman–Crippen MR) is 161 cm³/mol. The number of anilines is 3. The van der Waals surface area contributed by atoms with E-state index in [1.54, 1.807) is 82.4 Å². The number of nitrogens with one attached hydrogen (secondary N) is 3. The third kappa shape index (κ3) is 6.81. The number of carbonyl (C=O) groups is 5. The van der Waals surface area contributed by atoms with Crippen molar-refractivity contribution in [1.82, 2.24) is 10.9 Å². The molecule has 0 bridgehead atoms. The largest absolute Gasteiger partial charge is 0.465 e. The van der Waals surface area contributed by atoms with Gasteiger partial charge in [0.05, 0.1) is 29.6 Å². The number of nitrogens with zero attached hydrogens (tertiary/aromatic N) is 2. The minimum Gasteiger partial charge on any atom is -0.465 e. The Bertz CT molecular complexity index is 1590. The van der Waals surface area contributed by atoms with Gasteiger partial charge in [-0.05, 0) is 62.7 Å². The van der Waals surface area contributed by atoms with Gasteiger partial charge < -0.3 is 19.7 Å². The number of hydrazine groups is 1. The molecule has 0 saturated carbocycles. The summed E-state index contributed by atoms with van der Waals surface area (Å²) in [5, 5.41) is 3.29. The van der Waals surface area contributed by atoms with E-state index in [2.05, 4.69) is 16.2 Å². The van der Waals surface area contributed by atoms with E-state index in [1.165, 1.54) is 24.1 Å². The van der Waals surface area contributed by atoms with E-state index in [-0.39, 0.29) is 16.8 Å². The number of carbonyl (C=O) groups excluding carboxylic acids is 5. The number of hydrogen-bond acceptors (Lipinski definition) is 8. The molecule has 4 rings (SSSR count). The molecule has 1 aliphatic heterocycles. The smallest absolute Gasteiger partial charge is 0.426 e. The third-order valence-corrected chi connectivity index (χ3v) is 6.23. The average Bonchev–Trinajstić information content (AvgIpc) is 3.28. The zero-order chi connectivity index (χ0) is 31.3. The highest BCUT2D eigenvalue weighted by Crippen LogP contribution is 2.42. The first-order valence-electron chi connectivity index (χ1n) is 13.1. The maximum absolute atomic E-state index is 14.1. The van der Waals surface area contributed by atoms with Crippen LogP contribution in [0.25, 0.3) is 11.3 Å². The van der Waals surface area contributed by atoms with E-state index in [9.17, 15) is 24.0 Å². The van der Waals surface area contributed by atoms with E-state index in [0.717, 1.165) is 4.90 Å². The zero-order valence-electron chi connectivity index (χ0n) is 24.3. The van der Waals surface area contributed by atoms with Crippen molar-refractivity contribution >= 4 is 58.7 Å². The van der Waals surface area contributed by atoms with E-state index >= 15 is 0 Å². The highest BCUT2D eigenvalue weighted by atomic mass is 16.6. The molecule has 0 saturated heterocycles. The summed E-state index contributed by atoms with van der Waals surface area (Å²) in [6.45, 7) is 4.98. The molecule has 1 aliphatic rings. The number of esters is 1. The van der Waals surface area contributed by atoms with Crippen LogP contribution in [0.2, 0.25) is 0 Å². The zero-order valence-corrected chi connectivity index (χ0v) is 24.3. The van der Waals surface area contributed by atoms with Crippen LogP contribution in [0.5, 0.6) is 0 Å². The summed E-state index contributed by atoms with van der Waals surface area (Å²) >= 11 is 0. The molecule has 3 aromatic rings. The van der Waals surface area contributed by atoms with Crippen LogP contribution in [0.4, 0.5) is 26.7 Å². The molecule has 3 N–H and O–H groups in total. The molecule has 0 aliphatic carbocycles. The fourth-order valence-corrected chi connectivity index (χ4v) is 4.29. The van der Waals surface area contributed by atoms with Gasteiger partial charge in [-0.1, -0.05) is 36.4 Å². The highest BCUT2D eigenvalue weighted by molar-refractivity contribution is 6.44. The van der Waals surface area contributed by atoms with E-state index in [4.69, 9.17) is 9.47 Å². The minimum atomic E-state index is -0.984. The summed E-state index contributed by atoms with van der Waals surface area (Å²) in [6, 6.07) is 19.4. The van der Waals surface area contributed by atoms with Gasteiger partial charge >= 0.3 is 18.1 Å². The molecule has 1 heterocycles. The van der Waals surface area contributed by atoms with Gasteiger partial charge in [0, 0.05) is 24.0 Å². The van der Waals surface area contributed by atoms with Crippen LogP contribution in [0, 0.1) is 0 Å². The molecular formula is C31H31N5O7. The van der Waals surface area contributed by atoms with Gasteiger partial charge in [-0.2, -0.15) is 0 Å². The van der Waals surface area contributed by atoms with Gasteiger partial charge in [0.1, 0.15) is 5.60 Å². The number of fused-ring (bicyclic) bond motifs is 1. The summed E-state index contributed by atoms with van der Waals surface area (Å²) in [5.74, 6) is -1.38. The molecule has 222 valence electrons. The van der Waals surface area contributed by atoms with E-state index in [1.807, 2.05) is 6.07 Å². The molecular weight excluding hydrogens is 554 g/mol. The Balaban J connectivity index is 1.82. The molecule has 43 heavy (non-hydrogen) atoms. The van der Waals surface area contributed by atoms with Crippen molar-refractivity contribution < 1.29 is 33.4 Å². The second-order valence-electron chi connectivity index (χ2n) is 10.4. The van der Waals surface area contributed by atoms with Crippen molar-refractivity contribution in [2.45, 2.75) is 26.4 Å². The standard InChI is InChI=1S/C31H31N5O7/c1-31(2,3)43-30(41)34-33-29(40)36-24-17-20(28(39)42-5)11-16-23(24)25(27(36)38)26(19-9-7-6-8-10-19)32-21-12-14-22(15-13-21)35(4)18-37/h6-18,32H,1-5H3,(H,33,40)(H,34,41)/b26-25-. The molecule has 12 heteroatoms. The Kier molecular flexibility index (Phi) is 8.79.